The van der Waals surface area contributed by atoms with Gasteiger partial charge in [-0.25, -0.2) is 0 Å². The molecule has 11 heteroatoms. The predicted molar refractivity (Wildman–Crippen MR) is 83.7 cm³/mol. The molecule has 0 bridgehead atoms. The van der Waals surface area contributed by atoms with Gasteiger partial charge < -0.3 is 28.4 Å². The Bertz CT molecular complexity index is 599. The fourth-order valence-electron chi connectivity index (χ4n) is 2.45. The highest BCUT2D eigenvalue weighted by molar-refractivity contribution is 5.69. The van der Waals surface area contributed by atoms with Gasteiger partial charge in [-0.3, -0.25) is 24.0 Å². The van der Waals surface area contributed by atoms with Crippen molar-refractivity contribution in [2.75, 3.05) is 6.61 Å². The van der Waals surface area contributed by atoms with Crippen molar-refractivity contribution < 1.29 is 52.4 Å². The van der Waals surface area contributed by atoms with Crippen LogP contribution in [0.5, 0.6) is 0 Å². The molecule has 152 valence electrons. The minimum Gasteiger partial charge on any atom is -0.463 e. The number of hydrogen-bond donors (Lipinski definition) is 0. The van der Waals surface area contributed by atoms with E-state index in [2.05, 4.69) is 0 Å². The van der Waals surface area contributed by atoms with Crippen molar-refractivity contribution in [3.8, 4) is 0 Å². The molecule has 1 saturated heterocycles. The van der Waals surface area contributed by atoms with Crippen LogP contribution in [0, 0.1) is 0 Å². The molecular weight excluding hydrogens is 368 g/mol. The van der Waals surface area contributed by atoms with Crippen LogP contribution in [-0.2, 0) is 52.4 Å². The van der Waals surface area contributed by atoms with Gasteiger partial charge in [-0.2, -0.15) is 0 Å². The zero-order valence-corrected chi connectivity index (χ0v) is 15.6. The highest BCUT2D eigenvalue weighted by Gasteiger charge is 2.53. The van der Waals surface area contributed by atoms with Crippen LogP contribution in [0.4, 0.5) is 0 Å². The Morgan fingerprint density at radius 3 is 1.52 bits per heavy atom. The first-order chi connectivity index (χ1) is 12.5. The smallest absolute Gasteiger partial charge is 0.305 e. The van der Waals surface area contributed by atoms with Gasteiger partial charge in [-0.15, -0.1) is 0 Å². The lowest BCUT2D eigenvalue weighted by molar-refractivity contribution is -0.300. The monoisotopic (exact) mass is 390 g/mol. The van der Waals surface area contributed by atoms with Crippen molar-refractivity contribution >= 4 is 29.8 Å². The first kappa shape index (κ1) is 22.4. The van der Waals surface area contributed by atoms with E-state index in [0.717, 1.165) is 34.6 Å². The van der Waals surface area contributed by atoms with E-state index in [1.807, 2.05) is 0 Å². The predicted octanol–water partition coefficient (Wildman–Crippen LogP) is -0.367. The summed E-state index contributed by atoms with van der Waals surface area (Å²) in [6, 6.07) is 0. The molecule has 0 radical (unpaired) electrons. The van der Waals surface area contributed by atoms with Gasteiger partial charge in [0, 0.05) is 34.6 Å². The molecule has 0 aromatic carbocycles. The van der Waals surface area contributed by atoms with Crippen LogP contribution in [0.1, 0.15) is 34.6 Å². The van der Waals surface area contributed by atoms with Gasteiger partial charge in [0.25, 0.3) is 0 Å². The van der Waals surface area contributed by atoms with E-state index in [1.54, 1.807) is 0 Å². The number of carbonyl (C=O) groups excluding carboxylic acids is 5. The number of carbonyl (C=O) groups is 5. The summed E-state index contributed by atoms with van der Waals surface area (Å²) >= 11 is 0. The van der Waals surface area contributed by atoms with Crippen molar-refractivity contribution in [2.45, 2.75) is 65.3 Å². The summed E-state index contributed by atoms with van der Waals surface area (Å²) in [5, 5.41) is 0. The van der Waals surface area contributed by atoms with Gasteiger partial charge in [0.2, 0.25) is 12.4 Å². The van der Waals surface area contributed by atoms with Crippen LogP contribution in [0.3, 0.4) is 0 Å². The highest BCUT2D eigenvalue weighted by atomic mass is 16.7. The highest BCUT2D eigenvalue weighted by Crippen LogP contribution is 2.29. The largest absolute Gasteiger partial charge is 0.463 e. The number of esters is 5. The minimum atomic E-state index is -1.48. The van der Waals surface area contributed by atoms with Gasteiger partial charge >= 0.3 is 29.8 Å². The molecular formula is C16H22O11. The second kappa shape index (κ2) is 9.86. The van der Waals surface area contributed by atoms with Gasteiger partial charge in [0.05, 0.1) is 0 Å². The zero-order chi connectivity index (χ0) is 20.7. The molecule has 1 heterocycles. The number of ether oxygens (including phenoxy) is 6. The lowest BCUT2D eigenvalue weighted by Gasteiger charge is -2.43. The van der Waals surface area contributed by atoms with E-state index in [-0.39, 0.29) is 0 Å². The Balaban J connectivity index is 3.29. The van der Waals surface area contributed by atoms with E-state index in [9.17, 15) is 24.0 Å². The maximum Gasteiger partial charge on any atom is 0.305 e. The maximum absolute atomic E-state index is 11.5. The van der Waals surface area contributed by atoms with Crippen LogP contribution in [0.15, 0.2) is 0 Å². The topological polar surface area (TPSA) is 141 Å². The summed E-state index contributed by atoms with van der Waals surface area (Å²) in [7, 11) is 0. The molecule has 11 nitrogen and oxygen atoms in total. The molecule has 5 atom stereocenters. The van der Waals surface area contributed by atoms with Crippen molar-refractivity contribution in [3.05, 3.63) is 0 Å². The Hall–Kier alpha value is -2.69. The third-order valence-corrected chi connectivity index (χ3v) is 3.23. The van der Waals surface area contributed by atoms with Gasteiger partial charge in [0.15, 0.2) is 12.2 Å². The SMILES string of the molecule is CC(=O)OC[C@H]1OC(OC(C)=O)[C@H](OC(C)=O)[C@H](OC(C)=O)[C@@H]1OC(C)=O. The molecule has 0 spiro atoms. The van der Waals surface area contributed by atoms with Crippen molar-refractivity contribution in [3.63, 3.8) is 0 Å². The second-order valence-corrected chi connectivity index (χ2v) is 5.68. The quantitative estimate of drug-likeness (QED) is 0.433. The van der Waals surface area contributed by atoms with Crippen molar-refractivity contribution in [1.29, 1.82) is 0 Å². The summed E-state index contributed by atoms with van der Waals surface area (Å²) in [5.41, 5.74) is 0. The standard InChI is InChI=1S/C16H22O11/c1-7(17)22-6-12-13(23-8(2)18)14(24-9(3)19)15(25-10(4)20)16(27-12)26-11(5)21/h12-16H,6H2,1-5H3/t12-,13-,14-,15-,16?/m1/s1. The minimum absolute atomic E-state index is 0.393. The molecule has 1 aliphatic rings. The number of rotatable bonds is 6. The average Bonchev–Trinajstić information content (AvgIpc) is 2.49. The van der Waals surface area contributed by atoms with E-state index < -0.39 is 67.2 Å². The summed E-state index contributed by atoms with van der Waals surface area (Å²) in [4.78, 5) is 57.0. The third-order valence-electron chi connectivity index (χ3n) is 3.23. The van der Waals surface area contributed by atoms with E-state index >= 15 is 0 Å². The molecule has 1 rings (SSSR count). The second-order valence-electron chi connectivity index (χ2n) is 5.68. The van der Waals surface area contributed by atoms with Crippen molar-refractivity contribution in [1.82, 2.24) is 0 Å². The summed E-state index contributed by atoms with van der Waals surface area (Å²) in [5.74, 6) is -3.71. The molecule has 0 saturated carbocycles. The lowest BCUT2D eigenvalue weighted by Crippen LogP contribution is -2.63. The molecule has 0 aromatic heterocycles. The van der Waals surface area contributed by atoms with Gasteiger partial charge in [0.1, 0.15) is 12.7 Å². The van der Waals surface area contributed by atoms with Crippen LogP contribution in [0.25, 0.3) is 0 Å². The zero-order valence-electron chi connectivity index (χ0n) is 15.6. The van der Waals surface area contributed by atoms with Gasteiger partial charge in [-0.1, -0.05) is 0 Å². The van der Waals surface area contributed by atoms with Crippen LogP contribution in [0.2, 0.25) is 0 Å². The first-order valence-corrected chi connectivity index (χ1v) is 7.99. The normalized spacial score (nSPS) is 27.1. The maximum atomic E-state index is 11.5. The Morgan fingerprint density at radius 2 is 1.07 bits per heavy atom. The van der Waals surface area contributed by atoms with Gasteiger partial charge in [-0.05, 0) is 0 Å². The Morgan fingerprint density at radius 1 is 0.630 bits per heavy atom. The first-order valence-electron chi connectivity index (χ1n) is 7.99. The van der Waals surface area contributed by atoms with E-state index in [1.165, 1.54) is 0 Å². The van der Waals surface area contributed by atoms with E-state index in [0.29, 0.717) is 0 Å². The van der Waals surface area contributed by atoms with Crippen LogP contribution >= 0.6 is 0 Å². The Labute approximate surface area is 155 Å². The molecule has 27 heavy (non-hydrogen) atoms. The number of hydrogen-bond acceptors (Lipinski definition) is 11. The third kappa shape index (κ3) is 7.21. The molecule has 1 unspecified atom stereocenters. The lowest BCUT2D eigenvalue weighted by atomic mass is 9.98. The van der Waals surface area contributed by atoms with Crippen molar-refractivity contribution in [2.24, 2.45) is 0 Å². The molecule has 0 aromatic rings. The molecule has 0 amide bonds. The fourth-order valence-corrected chi connectivity index (χ4v) is 2.45. The fraction of sp³-hybridized carbons (Fsp3) is 0.688. The average molecular weight is 390 g/mol. The molecule has 1 aliphatic heterocycles. The molecule has 0 aliphatic carbocycles. The van der Waals surface area contributed by atoms with Crippen LogP contribution < -0.4 is 0 Å². The Kier molecular flexibility index (Phi) is 8.16. The van der Waals surface area contributed by atoms with E-state index in [4.69, 9.17) is 28.4 Å². The summed E-state index contributed by atoms with van der Waals surface area (Å²) < 4.78 is 30.8. The molecule has 0 N–H and O–H groups in total. The molecule has 1 fully saturated rings. The summed E-state index contributed by atoms with van der Waals surface area (Å²) in [6.45, 7) is 5.13. The van der Waals surface area contributed by atoms with Crippen LogP contribution in [-0.4, -0.2) is 67.2 Å². The summed E-state index contributed by atoms with van der Waals surface area (Å²) in [6.07, 6.45) is -6.70.